The maximum Gasteiger partial charge on any atom is 0.270 e. The zero-order valence-electron chi connectivity index (χ0n) is 21.2. The van der Waals surface area contributed by atoms with Crippen LogP contribution in [0.15, 0.2) is 30.3 Å². The average Bonchev–Trinajstić information content (AvgIpc) is 2.73. The summed E-state index contributed by atoms with van der Waals surface area (Å²) in [5, 5.41) is 0. The van der Waals surface area contributed by atoms with Crippen LogP contribution in [0.2, 0.25) is 0 Å². The lowest BCUT2D eigenvalue weighted by Crippen LogP contribution is -2.43. The van der Waals surface area contributed by atoms with Crippen LogP contribution in [0.25, 0.3) is 0 Å². The molecule has 4 nitrogen and oxygen atoms in total. The highest BCUT2D eigenvalue weighted by molar-refractivity contribution is 7.87. The van der Waals surface area contributed by atoms with E-state index in [0.29, 0.717) is 6.42 Å². The van der Waals surface area contributed by atoms with Crippen molar-refractivity contribution in [3.05, 3.63) is 35.9 Å². The molecule has 0 fully saturated rings. The van der Waals surface area contributed by atoms with E-state index in [1.165, 1.54) is 77.0 Å². The van der Waals surface area contributed by atoms with Crippen molar-refractivity contribution in [2.45, 2.75) is 128 Å². The van der Waals surface area contributed by atoms with E-state index in [2.05, 4.69) is 6.92 Å². The summed E-state index contributed by atoms with van der Waals surface area (Å²) >= 11 is 0. The Kier molecular flexibility index (Phi) is 17.1. The number of benzene rings is 1. The van der Waals surface area contributed by atoms with E-state index in [1.54, 1.807) is 6.92 Å². The van der Waals surface area contributed by atoms with Crippen LogP contribution in [0, 0.1) is 5.92 Å². The second-order valence-corrected chi connectivity index (χ2v) is 11.6. The summed E-state index contributed by atoms with van der Waals surface area (Å²) in [5.41, 5.74) is 0.954. The quantitative estimate of drug-likeness (QED) is 0.157. The molecule has 2 unspecified atom stereocenters. The van der Waals surface area contributed by atoms with Crippen molar-refractivity contribution in [2.75, 3.05) is 0 Å². The lowest BCUT2D eigenvalue weighted by Gasteiger charge is -2.33. The Balaban J connectivity index is 0.00000961. The van der Waals surface area contributed by atoms with Crippen molar-refractivity contribution < 1.29 is 13.0 Å². The van der Waals surface area contributed by atoms with Crippen LogP contribution < -0.4 is 6.15 Å². The average molecular weight is 470 g/mol. The summed E-state index contributed by atoms with van der Waals surface area (Å²) < 4.78 is 33.2. The Hall–Kier alpha value is -0.910. The molecule has 0 saturated carbocycles. The summed E-state index contributed by atoms with van der Waals surface area (Å²) in [5.74, 6) is -0.0833. The first kappa shape index (κ1) is 31.1. The molecule has 0 aliphatic carbocycles. The molecule has 2 atom stereocenters. The fourth-order valence-corrected chi connectivity index (χ4v) is 5.45. The molecule has 0 radical (unpaired) electrons. The molecule has 0 aliphatic rings. The van der Waals surface area contributed by atoms with E-state index in [9.17, 15) is 13.0 Å². The molecular weight excluding hydrogens is 418 g/mol. The normalized spacial score (nSPS) is 14.5. The molecule has 0 amide bonds. The smallest absolute Gasteiger partial charge is 0.270 e. The van der Waals surface area contributed by atoms with Gasteiger partial charge in [-0.05, 0) is 31.2 Å². The third kappa shape index (κ3) is 12.4. The van der Waals surface area contributed by atoms with Gasteiger partial charge in [-0.15, -0.1) is 0 Å². The van der Waals surface area contributed by atoms with Crippen LogP contribution >= 0.6 is 0 Å². The van der Waals surface area contributed by atoms with Gasteiger partial charge in [-0.25, -0.2) is 0 Å². The molecule has 188 valence electrons. The van der Waals surface area contributed by atoms with Gasteiger partial charge in [0, 0.05) is 0 Å². The van der Waals surface area contributed by atoms with E-state index < -0.39 is 14.9 Å². The molecule has 0 saturated heterocycles. The van der Waals surface area contributed by atoms with Crippen molar-refractivity contribution in [3.63, 3.8) is 0 Å². The van der Waals surface area contributed by atoms with Crippen molar-refractivity contribution in [1.29, 1.82) is 0 Å². The predicted octanol–water partition coefficient (Wildman–Crippen LogP) is 8.55. The Morgan fingerprint density at radius 1 is 0.781 bits per heavy atom. The molecule has 0 spiro atoms. The first-order valence-electron chi connectivity index (χ1n) is 12.8. The van der Waals surface area contributed by atoms with Gasteiger partial charge in [0.2, 0.25) is 0 Å². The van der Waals surface area contributed by atoms with E-state index in [4.69, 9.17) is 0 Å². The van der Waals surface area contributed by atoms with Gasteiger partial charge in [0.15, 0.2) is 0 Å². The van der Waals surface area contributed by atoms with Crippen molar-refractivity contribution in [1.82, 2.24) is 6.15 Å². The molecule has 1 rings (SSSR count). The zero-order chi connectivity index (χ0) is 23.0. The largest absolute Gasteiger partial charge is 0.344 e. The highest BCUT2D eigenvalue weighted by atomic mass is 32.2. The highest BCUT2D eigenvalue weighted by Crippen LogP contribution is 2.33. The summed E-state index contributed by atoms with van der Waals surface area (Å²) in [4.78, 5) is 0. The first-order chi connectivity index (χ1) is 14.8. The SMILES string of the molecule is CCCCCCCCCCCCCCCCC(C)C(C)(Cc1ccccc1)S(=O)(=O)O.N. The second kappa shape index (κ2) is 17.6. The maximum absolute atomic E-state index is 12.2. The molecule has 4 N–H and O–H groups in total. The molecule has 32 heavy (non-hydrogen) atoms. The highest BCUT2D eigenvalue weighted by Gasteiger charge is 2.42. The zero-order valence-corrected chi connectivity index (χ0v) is 22.0. The van der Waals surface area contributed by atoms with E-state index in [-0.39, 0.29) is 12.1 Å². The van der Waals surface area contributed by atoms with Crippen molar-refractivity contribution >= 4 is 10.1 Å². The monoisotopic (exact) mass is 469 g/mol. The van der Waals surface area contributed by atoms with E-state index in [0.717, 1.165) is 24.8 Å². The van der Waals surface area contributed by atoms with Crippen LogP contribution in [-0.2, 0) is 16.5 Å². The van der Waals surface area contributed by atoms with Gasteiger partial charge >= 0.3 is 0 Å². The molecule has 0 bridgehead atoms. The topological polar surface area (TPSA) is 89.4 Å². The Labute approximate surface area is 199 Å². The molecule has 1 aromatic rings. The Bertz CT molecular complexity index is 663. The van der Waals surface area contributed by atoms with Gasteiger partial charge < -0.3 is 6.15 Å². The minimum absolute atomic E-state index is 0. The van der Waals surface area contributed by atoms with Crippen LogP contribution in [0.1, 0.15) is 123 Å². The lowest BCUT2D eigenvalue weighted by atomic mass is 9.85. The molecule has 5 heteroatoms. The Morgan fingerprint density at radius 2 is 1.19 bits per heavy atom. The van der Waals surface area contributed by atoms with E-state index >= 15 is 0 Å². The van der Waals surface area contributed by atoms with Crippen molar-refractivity contribution in [2.24, 2.45) is 5.92 Å². The summed E-state index contributed by atoms with van der Waals surface area (Å²) in [6, 6.07) is 9.62. The van der Waals surface area contributed by atoms with Crippen LogP contribution in [0.5, 0.6) is 0 Å². The molecule has 0 aromatic heterocycles. The first-order valence-corrected chi connectivity index (χ1v) is 14.3. The molecular formula is C27H51NO3S. The minimum Gasteiger partial charge on any atom is -0.344 e. The third-order valence-electron chi connectivity index (χ3n) is 7.02. The predicted molar refractivity (Wildman–Crippen MR) is 139 cm³/mol. The van der Waals surface area contributed by atoms with Crippen LogP contribution in [0.4, 0.5) is 0 Å². The fourth-order valence-electron chi connectivity index (χ4n) is 4.47. The molecule has 0 heterocycles. The summed E-state index contributed by atoms with van der Waals surface area (Å²) in [7, 11) is -4.13. The van der Waals surface area contributed by atoms with Gasteiger partial charge in [-0.1, -0.05) is 134 Å². The van der Waals surface area contributed by atoms with Gasteiger partial charge in [-0.2, -0.15) is 8.42 Å². The number of unbranched alkanes of at least 4 members (excludes halogenated alkanes) is 13. The standard InChI is InChI=1S/C27H48O3S.H3N/c1-4-5-6-7-8-9-10-11-12-13-14-15-16-18-21-25(2)27(3,31(28,29)30)24-26-22-19-17-20-23-26;/h17,19-20,22-23,25H,4-16,18,21,24H2,1-3H3,(H,28,29,30);1H3. The second-order valence-electron chi connectivity index (χ2n) is 9.74. The number of rotatable bonds is 19. The van der Waals surface area contributed by atoms with Crippen LogP contribution in [0.3, 0.4) is 0 Å². The molecule has 0 aliphatic heterocycles. The minimum atomic E-state index is -4.13. The van der Waals surface area contributed by atoms with Gasteiger partial charge in [0.05, 0.1) is 0 Å². The van der Waals surface area contributed by atoms with Crippen LogP contribution in [-0.4, -0.2) is 17.7 Å². The summed E-state index contributed by atoms with van der Waals surface area (Å²) in [6.07, 6.45) is 19.6. The summed E-state index contributed by atoms with van der Waals surface area (Å²) in [6.45, 7) is 5.94. The number of hydrogen-bond acceptors (Lipinski definition) is 3. The number of hydrogen-bond donors (Lipinski definition) is 2. The van der Waals surface area contributed by atoms with Gasteiger partial charge in [0.25, 0.3) is 10.1 Å². The third-order valence-corrected chi connectivity index (χ3v) is 8.75. The van der Waals surface area contributed by atoms with Gasteiger partial charge in [-0.3, -0.25) is 4.55 Å². The Morgan fingerprint density at radius 3 is 1.59 bits per heavy atom. The fraction of sp³-hybridized carbons (Fsp3) is 0.778. The maximum atomic E-state index is 12.2. The lowest BCUT2D eigenvalue weighted by molar-refractivity contribution is 0.332. The van der Waals surface area contributed by atoms with E-state index in [1.807, 2.05) is 37.3 Å². The van der Waals surface area contributed by atoms with Gasteiger partial charge in [0.1, 0.15) is 4.75 Å². The van der Waals surface area contributed by atoms with Crippen molar-refractivity contribution in [3.8, 4) is 0 Å². The molecule has 1 aromatic carbocycles.